The van der Waals surface area contributed by atoms with Crippen LogP contribution in [0.2, 0.25) is 0 Å². The minimum Gasteiger partial charge on any atom is -0.410 e. The number of fused-ring (bicyclic) bond motifs is 2. The van der Waals surface area contributed by atoms with Gasteiger partial charge in [0.15, 0.2) is 39.2 Å². The van der Waals surface area contributed by atoms with Crippen molar-refractivity contribution < 1.29 is 59.2 Å². The van der Waals surface area contributed by atoms with Crippen molar-refractivity contribution in [3.63, 3.8) is 0 Å². The number of carbonyl (C=O) groups excluding carboxylic acids is 2. The predicted octanol–water partition coefficient (Wildman–Crippen LogP) is 3.45. The molecule has 8 atom stereocenters. The number of likely N-dealkylation sites (tertiary alicyclic amines) is 2. The average molecular weight is 1200 g/mol. The van der Waals surface area contributed by atoms with E-state index in [0.717, 1.165) is 61.9 Å². The van der Waals surface area contributed by atoms with Crippen LogP contribution in [0.15, 0.2) is 49.1 Å². The summed E-state index contributed by atoms with van der Waals surface area (Å²) in [5.41, 5.74) is 17.8. The van der Waals surface area contributed by atoms with Crippen LogP contribution in [0.4, 0.5) is 21.2 Å². The fourth-order valence-corrected chi connectivity index (χ4v) is 9.95. The number of piperidine rings is 2. The molecule has 2 aromatic carbocycles. The Morgan fingerprint density at radius 2 is 1.10 bits per heavy atom. The smallest absolute Gasteiger partial charge is 0.410 e. The Labute approximate surface area is 469 Å². The molecule has 2 unspecified atom stereocenters. The minimum atomic E-state index is -1.28. The topological polar surface area (TPSA) is 338 Å². The third-order valence-corrected chi connectivity index (χ3v) is 15.0. The lowest BCUT2D eigenvalue weighted by Crippen LogP contribution is -2.40. The maximum absolute atomic E-state index is 12.6. The largest absolute Gasteiger partial charge is 0.415 e. The van der Waals surface area contributed by atoms with Gasteiger partial charge in [0.2, 0.25) is 5.82 Å². The summed E-state index contributed by atoms with van der Waals surface area (Å²) in [5.74, 6) is 11.4. The van der Waals surface area contributed by atoms with Crippen molar-refractivity contribution >= 4 is 68.7 Å². The number of anilines is 2. The molecule has 4 fully saturated rings. The van der Waals surface area contributed by atoms with E-state index in [1.54, 1.807) is 15.9 Å². The maximum atomic E-state index is 12.6. The van der Waals surface area contributed by atoms with E-state index in [1.165, 1.54) is 27.4 Å². The molecule has 79 heavy (non-hydrogen) atoms. The number of halogens is 1. The fraction of sp³-hybridized carbons (Fsp3) is 0.481. The van der Waals surface area contributed by atoms with E-state index in [9.17, 15) is 35.1 Å². The van der Waals surface area contributed by atoms with Crippen molar-refractivity contribution in [1.82, 2.24) is 48.8 Å². The van der Waals surface area contributed by atoms with Crippen molar-refractivity contribution in [1.29, 1.82) is 0 Å². The summed E-state index contributed by atoms with van der Waals surface area (Å²) in [6, 6.07) is 11.3. The molecule has 0 aliphatic carbocycles. The van der Waals surface area contributed by atoms with Gasteiger partial charge >= 0.3 is 12.2 Å². The number of nitrogen functional groups attached to an aromatic ring is 2. The summed E-state index contributed by atoms with van der Waals surface area (Å²) in [4.78, 5) is 53.3. The normalized spacial score (nSPS) is 23.3. The van der Waals surface area contributed by atoms with Crippen molar-refractivity contribution in [2.24, 2.45) is 11.8 Å². The van der Waals surface area contributed by atoms with Crippen LogP contribution >= 0.6 is 22.6 Å². The summed E-state index contributed by atoms with van der Waals surface area (Å²) in [5, 5.41) is 58.8. The van der Waals surface area contributed by atoms with Crippen LogP contribution in [0.25, 0.3) is 22.3 Å². The number of ether oxygens (including phenoxy) is 4. The molecule has 0 bridgehead atoms. The number of carbonyl (C=O) groups is 2. The monoisotopic (exact) mass is 1200 g/mol. The van der Waals surface area contributed by atoms with E-state index in [0.29, 0.717) is 69.0 Å². The SMILES string of the molecule is C#CCC1CCN(C(=O)Oc2ccc(C)c(C)c2)CC1.Cc1ccc(OC(=O)N2CCC(CC#Cc3nc(N)c4ncn([C@@H]5O[C@H](CO)C(O)[C@@H]5O)c4n3)CC2)cc1C.Nc1nc(I)nc2c1ncn2[C@@H]1O[C@H](CO)C(O)[C@@H]1O. The summed E-state index contributed by atoms with van der Waals surface area (Å²) in [6.45, 7) is 9.86. The number of aromatic nitrogens is 8. The molecule has 0 spiro atoms. The number of aliphatic hydroxyl groups excluding tert-OH is 6. The highest BCUT2D eigenvalue weighted by Crippen LogP contribution is 2.34. The maximum Gasteiger partial charge on any atom is 0.415 e. The van der Waals surface area contributed by atoms with Gasteiger partial charge in [-0.1, -0.05) is 18.1 Å². The molecular weight excluding hydrogens is 1140 g/mol. The van der Waals surface area contributed by atoms with Gasteiger partial charge in [-0.15, -0.1) is 12.3 Å². The second kappa shape index (κ2) is 26.0. The molecule has 6 aromatic rings. The van der Waals surface area contributed by atoms with Gasteiger partial charge in [0.05, 0.1) is 25.9 Å². The molecule has 0 radical (unpaired) electrons. The standard InChI is InChI=1S/C27H32N6O6.C17H21NO2.C10H12IN5O4/c1-15-6-7-18(12-16(15)2)38-27(37)32-10-8-17(9-11-32)4-3-5-20-30-24(28)21-25(31-20)33(14-29-21)26-23(36)22(35)19(13-34)39-26;1-4-5-15-8-10-18(11-9-15)17(19)20-16-7-6-13(2)14(3)12-16;11-10-14-7(12)4-8(15-10)16(2-13-4)9-6(19)5(18)3(1-17)20-9/h6-7,12,14,17,19,22-23,26,34-36H,4,8-11,13H2,1-2H3,(H2,28,30,31);1,6-7,12,15H,5,8-11H2,2-3H3;2-3,5-6,9,17-19H,1H2,(H2,12,14,15)/t19-,22?,23+,26-;;3-,5?,6+,9-/m1.1/s1. The quantitative estimate of drug-likeness (QED) is 0.0614. The zero-order valence-electron chi connectivity index (χ0n) is 44.1. The highest BCUT2D eigenvalue weighted by molar-refractivity contribution is 14.1. The molecule has 4 aliphatic rings. The third kappa shape index (κ3) is 13.6. The second-order valence-corrected chi connectivity index (χ2v) is 20.9. The van der Waals surface area contributed by atoms with Crippen molar-refractivity contribution in [3.05, 3.63) is 81.0 Å². The molecular formula is C54H65IN12O12. The summed E-state index contributed by atoms with van der Waals surface area (Å²) in [6.07, 6.45) is 3.89. The van der Waals surface area contributed by atoms with Crippen LogP contribution in [0.3, 0.4) is 0 Å². The van der Waals surface area contributed by atoms with Crippen LogP contribution in [-0.2, 0) is 9.47 Å². The van der Waals surface area contributed by atoms with Crippen LogP contribution in [0.5, 0.6) is 11.5 Å². The van der Waals surface area contributed by atoms with Gasteiger partial charge in [-0.05, 0) is 118 Å². The number of nitrogens with two attached hydrogens (primary N) is 2. The summed E-state index contributed by atoms with van der Waals surface area (Å²) >= 11 is 1.92. The molecule has 2 amide bonds. The van der Waals surface area contributed by atoms with Crippen LogP contribution in [0.1, 0.15) is 79.1 Å². The van der Waals surface area contributed by atoms with Gasteiger partial charge in [-0.2, -0.15) is 0 Å². The van der Waals surface area contributed by atoms with Crippen molar-refractivity contribution in [2.75, 3.05) is 50.9 Å². The number of rotatable bonds is 8. The van der Waals surface area contributed by atoms with Crippen LogP contribution in [-0.4, -0.2) is 168 Å². The predicted molar refractivity (Wildman–Crippen MR) is 296 cm³/mol. The first-order valence-electron chi connectivity index (χ1n) is 25.8. The number of imidazole rings is 2. The number of nitrogens with zero attached hydrogens (tertiary/aromatic N) is 10. The highest BCUT2D eigenvalue weighted by atomic mass is 127. The Kier molecular flexibility index (Phi) is 19.2. The van der Waals surface area contributed by atoms with E-state index >= 15 is 0 Å². The minimum absolute atomic E-state index is 0.130. The average Bonchev–Trinajstić information content (AvgIpc) is 4.24. The second-order valence-electron chi connectivity index (χ2n) is 19.9. The van der Waals surface area contributed by atoms with Gasteiger partial charge in [-0.25, -0.2) is 39.5 Å². The number of aryl methyl sites for hydroxylation is 4. The van der Waals surface area contributed by atoms with E-state index in [1.807, 2.05) is 80.6 Å². The summed E-state index contributed by atoms with van der Waals surface area (Å²) in [7, 11) is 0. The number of benzene rings is 2. The van der Waals surface area contributed by atoms with Crippen LogP contribution in [0, 0.1) is 67.5 Å². The van der Waals surface area contributed by atoms with E-state index < -0.39 is 62.3 Å². The van der Waals surface area contributed by atoms with Crippen molar-refractivity contribution in [2.45, 2.75) is 115 Å². The third-order valence-electron chi connectivity index (χ3n) is 14.6. The van der Waals surface area contributed by atoms with E-state index in [4.69, 9.17) is 41.9 Å². The number of terminal acetylenes is 1. The Balaban J connectivity index is 0.000000172. The van der Waals surface area contributed by atoms with Gasteiger partial charge < -0.3 is 70.9 Å². The first-order chi connectivity index (χ1) is 37.9. The van der Waals surface area contributed by atoms with Gasteiger partial charge in [0.1, 0.15) is 59.2 Å². The molecule has 8 heterocycles. The highest BCUT2D eigenvalue weighted by Gasteiger charge is 2.45. The fourth-order valence-electron chi connectivity index (χ4n) is 9.46. The Morgan fingerprint density at radius 1 is 0.658 bits per heavy atom. The Bertz CT molecular complexity index is 3240. The van der Waals surface area contributed by atoms with E-state index in [2.05, 4.69) is 47.7 Å². The lowest BCUT2D eigenvalue weighted by Gasteiger charge is -2.30. The van der Waals surface area contributed by atoms with Gasteiger partial charge in [0, 0.05) is 61.6 Å². The summed E-state index contributed by atoms with van der Waals surface area (Å²) < 4.78 is 25.4. The lowest BCUT2D eigenvalue weighted by atomic mass is 9.94. The molecule has 4 aromatic heterocycles. The molecule has 10 rings (SSSR count). The zero-order chi connectivity index (χ0) is 56.7. The first-order valence-corrected chi connectivity index (χ1v) is 26.9. The molecule has 25 heteroatoms. The first kappa shape index (κ1) is 58.4. The molecule has 24 nitrogen and oxygen atoms in total. The van der Waals surface area contributed by atoms with Gasteiger partial charge in [-0.3, -0.25) is 9.13 Å². The number of aliphatic hydroxyl groups is 6. The lowest BCUT2D eigenvalue weighted by molar-refractivity contribution is -0.0511. The van der Waals surface area contributed by atoms with Gasteiger partial charge in [0.25, 0.3) is 0 Å². The Hall–Kier alpha value is -6.79. The molecule has 4 saturated heterocycles. The van der Waals surface area contributed by atoms with Crippen molar-refractivity contribution in [3.8, 4) is 35.7 Å². The molecule has 420 valence electrons. The number of hydrogen-bond acceptors (Lipinski definition) is 20. The van der Waals surface area contributed by atoms with Crippen LogP contribution < -0.4 is 20.9 Å². The Morgan fingerprint density at radius 3 is 1.53 bits per heavy atom. The molecule has 4 aliphatic heterocycles. The van der Waals surface area contributed by atoms with E-state index in [-0.39, 0.29) is 29.6 Å². The molecule has 0 saturated carbocycles. The zero-order valence-corrected chi connectivity index (χ0v) is 46.3. The number of amides is 2. The number of hydrogen-bond donors (Lipinski definition) is 8. The molecule has 10 N–H and O–H groups in total.